The first kappa shape index (κ1) is 14.5. The van der Waals surface area contributed by atoms with Crippen molar-refractivity contribution in [2.45, 2.75) is 43.9 Å². The Morgan fingerprint density at radius 1 is 1.15 bits per heavy atom. The summed E-state index contributed by atoms with van der Waals surface area (Å²) in [6.07, 6.45) is 7.11. The Labute approximate surface area is 122 Å². The SMILES string of the molecule is C=CCO[C@@H]1CC[C@H]2[C@H]1OCCN2CC1CCOCC1. The van der Waals surface area contributed by atoms with Gasteiger partial charge in [0.25, 0.3) is 0 Å². The third-order valence-electron chi connectivity index (χ3n) is 4.91. The summed E-state index contributed by atoms with van der Waals surface area (Å²) in [5.41, 5.74) is 0. The van der Waals surface area contributed by atoms with Crippen molar-refractivity contribution in [2.24, 2.45) is 5.92 Å². The van der Waals surface area contributed by atoms with Crippen LogP contribution in [-0.4, -0.2) is 62.7 Å². The Kier molecular flexibility index (Phi) is 5.10. The van der Waals surface area contributed by atoms with Gasteiger partial charge in [-0.05, 0) is 31.6 Å². The van der Waals surface area contributed by atoms with E-state index in [9.17, 15) is 0 Å². The first-order valence-corrected chi connectivity index (χ1v) is 8.04. The van der Waals surface area contributed by atoms with Crippen LogP contribution in [-0.2, 0) is 14.2 Å². The zero-order valence-electron chi connectivity index (χ0n) is 12.3. The molecule has 3 fully saturated rings. The van der Waals surface area contributed by atoms with Crippen LogP contribution in [0.4, 0.5) is 0 Å². The lowest BCUT2D eigenvalue weighted by molar-refractivity contribution is -0.114. The second-order valence-electron chi connectivity index (χ2n) is 6.19. The fourth-order valence-electron chi connectivity index (χ4n) is 3.85. The van der Waals surface area contributed by atoms with Gasteiger partial charge in [-0.1, -0.05) is 6.08 Å². The van der Waals surface area contributed by atoms with Gasteiger partial charge < -0.3 is 14.2 Å². The smallest absolute Gasteiger partial charge is 0.0992 e. The molecule has 3 aliphatic rings. The van der Waals surface area contributed by atoms with E-state index in [1.165, 1.54) is 25.8 Å². The molecule has 0 aromatic carbocycles. The van der Waals surface area contributed by atoms with E-state index in [0.717, 1.165) is 38.7 Å². The molecule has 0 radical (unpaired) electrons. The van der Waals surface area contributed by atoms with E-state index in [0.29, 0.717) is 12.6 Å². The number of hydrogen-bond acceptors (Lipinski definition) is 4. The van der Waals surface area contributed by atoms with Crippen LogP contribution in [0.15, 0.2) is 12.7 Å². The summed E-state index contributed by atoms with van der Waals surface area (Å²) in [6.45, 7) is 9.38. The molecule has 3 rings (SSSR count). The highest BCUT2D eigenvalue weighted by atomic mass is 16.5. The van der Waals surface area contributed by atoms with Crippen LogP contribution in [0.2, 0.25) is 0 Å². The molecule has 114 valence electrons. The molecule has 2 aliphatic heterocycles. The monoisotopic (exact) mass is 281 g/mol. The molecule has 2 saturated heterocycles. The van der Waals surface area contributed by atoms with E-state index in [4.69, 9.17) is 14.2 Å². The highest BCUT2D eigenvalue weighted by Crippen LogP contribution is 2.33. The molecular formula is C16H27NO3. The zero-order chi connectivity index (χ0) is 13.8. The molecule has 0 bridgehead atoms. The van der Waals surface area contributed by atoms with E-state index in [-0.39, 0.29) is 12.2 Å². The molecule has 3 atom stereocenters. The lowest BCUT2D eigenvalue weighted by atomic mass is 9.98. The molecular weight excluding hydrogens is 254 g/mol. The van der Waals surface area contributed by atoms with Crippen LogP contribution >= 0.6 is 0 Å². The first-order chi connectivity index (χ1) is 9.88. The van der Waals surface area contributed by atoms with Crippen molar-refractivity contribution in [3.63, 3.8) is 0 Å². The van der Waals surface area contributed by atoms with Crippen molar-refractivity contribution in [2.75, 3.05) is 39.5 Å². The van der Waals surface area contributed by atoms with Crippen LogP contribution in [0.3, 0.4) is 0 Å². The van der Waals surface area contributed by atoms with Crippen LogP contribution < -0.4 is 0 Å². The predicted octanol–water partition coefficient (Wildman–Crippen LogP) is 1.85. The van der Waals surface area contributed by atoms with E-state index in [2.05, 4.69) is 11.5 Å². The number of ether oxygens (including phenoxy) is 3. The maximum Gasteiger partial charge on any atom is 0.0992 e. The molecule has 4 heteroatoms. The molecule has 0 aromatic heterocycles. The summed E-state index contributed by atoms with van der Waals surface area (Å²) in [5, 5.41) is 0. The van der Waals surface area contributed by atoms with Crippen molar-refractivity contribution in [1.82, 2.24) is 4.90 Å². The minimum Gasteiger partial charge on any atom is -0.381 e. The largest absolute Gasteiger partial charge is 0.381 e. The molecule has 20 heavy (non-hydrogen) atoms. The summed E-state index contributed by atoms with van der Waals surface area (Å²) >= 11 is 0. The molecule has 4 nitrogen and oxygen atoms in total. The van der Waals surface area contributed by atoms with Gasteiger partial charge in [0.05, 0.1) is 25.4 Å². The number of fused-ring (bicyclic) bond motifs is 1. The van der Waals surface area contributed by atoms with Crippen molar-refractivity contribution in [3.8, 4) is 0 Å². The Bertz CT molecular complexity index is 317. The topological polar surface area (TPSA) is 30.9 Å². The Morgan fingerprint density at radius 2 is 2.00 bits per heavy atom. The molecule has 1 aliphatic carbocycles. The number of hydrogen-bond donors (Lipinski definition) is 0. The van der Waals surface area contributed by atoms with Gasteiger partial charge in [-0.15, -0.1) is 6.58 Å². The summed E-state index contributed by atoms with van der Waals surface area (Å²) in [4.78, 5) is 2.65. The lowest BCUT2D eigenvalue weighted by Gasteiger charge is -2.41. The second-order valence-corrected chi connectivity index (χ2v) is 6.19. The summed E-state index contributed by atoms with van der Waals surface area (Å²) in [6, 6.07) is 0.557. The van der Waals surface area contributed by atoms with Gasteiger partial charge in [0.15, 0.2) is 0 Å². The number of morpholine rings is 1. The van der Waals surface area contributed by atoms with Crippen molar-refractivity contribution >= 4 is 0 Å². The van der Waals surface area contributed by atoms with Gasteiger partial charge in [0.1, 0.15) is 0 Å². The Hall–Kier alpha value is -0.420. The molecule has 0 aromatic rings. The quantitative estimate of drug-likeness (QED) is 0.720. The normalized spacial score (nSPS) is 35.9. The maximum absolute atomic E-state index is 6.01. The van der Waals surface area contributed by atoms with Crippen LogP contribution in [0.1, 0.15) is 25.7 Å². The highest BCUT2D eigenvalue weighted by molar-refractivity contribution is 4.96. The molecule has 0 N–H and O–H groups in total. The third kappa shape index (κ3) is 3.25. The highest BCUT2D eigenvalue weighted by Gasteiger charge is 2.43. The van der Waals surface area contributed by atoms with Crippen molar-refractivity contribution in [3.05, 3.63) is 12.7 Å². The zero-order valence-corrected chi connectivity index (χ0v) is 12.3. The Morgan fingerprint density at radius 3 is 2.80 bits per heavy atom. The second kappa shape index (κ2) is 7.03. The van der Waals surface area contributed by atoms with Crippen molar-refractivity contribution in [1.29, 1.82) is 0 Å². The van der Waals surface area contributed by atoms with E-state index >= 15 is 0 Å². The average molecular weight is 281 g/mol. The minimum absolute atomic E-state index is 0.260. The van der Waals surface area contributed by atoms with E-state index < -0.39 is 0 Å². The average Bonchev–Trinajstić information content (AvgIpc) is 2.90. The fourth-order valence-corrected chi connectivity index (χ4v) is 3.85. The number of rotatable bonds is 5. The minimum atomic E-state index is 0.260. The third-order valence-corrected chi connectivity index (χ3v) is 4.91. The van der Waals surface area contributed by atoms with Gasteiger partial charge in [-0.25, -0.2) is 0 Å². The van der Waals surface area contributed by atoms with Crippen LogP contribution in [0.5, 0.6) is 0 Å². The van der Waals surface area contributed by atoms with Crippen LogP contribution in [0.25, 0.3) is 0 Å². The lowest BCUT2D eigenvalue weighted by Crippen LogP contribution is -2.53. The fraction of sp³-hybridized carbons (Fsp3) is 0.875. The van der Waals surface area contributed by atoms with Gasteiger partial charge in [-0.2, -0.15) is 0 Å². The first-order valence-electron chi connectivity index (χ1n) is 8.04. The van der Waals surface area contributed by atoms with E-state index in [1.807, 2.05) is 6.08 Å². The molecule has 0 amide bonds. The summed E-state index contributed by atoms with van der Waals surface area (Å²) in [5.74, 6) is 0.802. The molecule has 0 unspecified atom stereocenters. The predicted molar refractivity (Wildman–Crippen MR) is 77.8 cm³/mol. The maximum atomic E-state index is 6.01. The van der Waals surface area contributed by atoms with Gasteiger partial charge in [-0.3, -0.25) is 4.90 Å². The summed E-state index contributed by atoms with van der Waals surface area (Å²) < 4.78 is 17.3. The molecule has 1 saturated carbocycles. The van der Waals surface area contributed by atoms with Gasteiger partial charge >= 0.3 is 0 Å². The van der Waals surface area contributed by atoms with E-state index in [1.54, 1.807) is 0 Å². The number of nitrogens with zero attached hydrogens (tertiary/aromatic N) is 1. The Balaban J connectivity index is 1.55. The van der Waals surface area contributed by atoms with Gasteiger partial charge in [0, 0.05) is 32.3 Å². The van der Waals surface area contributed by atoms with Crippen molar-refractivity contribution < 1.29 is 14.2 Å². The standard InChI is InChI=1S/C16H27NO3/c1-2-8-19-15-4-3-14-16(15)20-11-7-17(14)12-13-5-9-18-10-6-13/h2,13-16H,1,3-12H2/t14-,15+,16+/m0/s1. The van der Waals surface area contributed by atoms with Gasteiger partial charge in [0.2, 0.25) is 0 Å². The summed E-state index contributed by atoms with van der Waals surface area (Å²) in [7, 11) is 0. The molecule has 0 spiro atoms. The van der Waals surface area contributed by atoms with Crippen LogP contribution in [0, 0.1) is 5.92 Å². The molecule has 2 heterocycles.